The molecular formula is C15H20N4O2. The molecule has 0 radical (unpaired) electrons. The Bertz CT molecular complexity index is 570. The molecule has 3 rings (SSSR count). The fraction of sp³-hybridized carbons (Fsp3) is 0.467. The van der Waals surface area contributed by atoms with Crippen LogP contribution in [-0.4, -0.2) is 40.6 Å². The lowest BCUT2D eigenvalue weighted by atomic mass is 10.2. The van der Waals surface area contributed by atoms with Crippen LogP contribution in [0.2, 0.25) is 0 Å². The van der Waals surface area contributed by atoms with Crippen LogP contribution < -0.4 is 5.32 Å². The van der Waals surface area contributed by atoms with Gasteiger partial charge in [-0.3, -0.25) is 14.8 Å². The lowest BCUT2D eigenvalue weighted by Gasteiger charge is -2.11. The number of carbonyl (C=O) groups excluding carboxylic acids is 1. The molecule has 21 heavy (non-hydrogen) atoms. The molecule has 2 aromatic rings. The van der Waals surface area contributed by atoms with Gasteiger partial charge < -0.3 is 9.73 Å². The van der Waals surface area contributed by atoms with E-state index >= 15 is 0 Å². The fourth-order valence-corrected chi connectivity index (χ4v) is 2.57. The van der Waals surface area contributed by atoms with Gasteiger partial charge in [0.15, 0.2) is 5.76 Å². The standard InChI is InChI=1S/C15H20N4O2/c20-15(16-6-5-12-9-17-18-10-12)14-4-3-13(21-14)11-19-7-1-2-8-19/h3-4,9-10H,1-2,5-8,11H2,(H,16,20)(H,17,18). The summed E-state index contributed by atoms with van der Waals surface area (Å²) in [6.45, 7) is 3.60. The average Bonchev–Trinajstić information content (AvgIpc) is 3.20. The second-order valence-electron chi connectivity index (χ2n) is 5.36. The largest absolute Gasteiger partial charge is 0.455 e. The van der Waals surface area contributed by atoms with E-state index in [2.05, 4.69) is 20.4 Å². The number of nitrogens with one attached hydrogen (secondary N) is 2. The highest BCUT2D eigenvalue weighted by Crippen LogP contribution is 2.15. The molecule has 1 fully saturated rings. The molecule has 1 aliphatic rings. The maximum absolute atomic E-state index is 12.0. The molecule has 112 valence electrons. The maximum atomic E-state index is 12.0. The molecule has 0 spiro atoms. The van der Waals surface area contributed by atoms with Gasteiger partial charge in [0.2, 0.25) is 0 Å². The minimum atomic E-state index is -0.161. The number of rotatable bonds is 6. The zero-order chi connectivity index (χ0) is 14.5. The van der Waals surface area contributed by atoms with Gasteiger partial charge in [-0.2, -0.15) is 5.10 Å². The lowest BCUT2D eigenvalue weighted by Crippen LogP contribution is -2.25. The Morgan fingerprint density at radius 3 is 3.00 bits per heavy atom. The van der Waals surface area contributed by atoms with E-state index in [0.29, 0.717) is 12.3 Å². The third-order valence-electron chi connectivity index (χ3n) is 3.72. The molecule has 1 aliphatic heterocycles. The first-order chi connectivity index (χ1) is 10.3. The molecule has 2 aromatic heterocycles. The van der Waals surface area contributed by atoms with Gasteiger partial charge in [0, 0.05) is 12.7 Å². The molecule has 0 unspecified atom stereocenters. The van der Waals surface area contributed by atoms with Crippen molar-refractivity contribution < 1.29 is 9.21 Å². The van der Waals surface area contributed by atoms with Crippen molar-refractivity contribution in [1.82, 2.24) is 20.4 Å². The van der Waals surface area contributed by atoms with Gasteiger partial charge in [-0.1, -0.05) is 0 Å². The molecular weight excluding hydrogens is 268 g/mol. The zero-order valence-electron chi connectivity index (χ0n) is 12.0. The van der Waals surface area contributed by atoms with E-state index in [1.807, 2.05) is 12.3 Å². The Morgan fingerprint density at radius 1 is 1.38 bits per heavy atom. The zero-order valence-corrected chi connectivity index (χ0v) is 12.0. The number of amides is 1. The highest BCUT2D eigenvalue weighted by Gasteiger charge is 2.15. The number of likely N-dealkylation sites (tertiary alicyclic amines) is 1. The van der Waals surface area contributed by atoms with Crippen LogP contribution in [0.1, 0.15) is 34.7 Å². The SMILES string of the molecule is O=C(NCCc1cn[nH]c1)c1ccc(CN2CCCC2)o1. The minimum absolute atomic E-state index is 0.161. The van der Waals surface area contributed by atoms with E-state index in [1.54, 1.807) is 12.3 Å². The molecule has 1 amide bonds. The second kappa shape index (κ2) is 6.58. The Morgan fingerprint density at radius 2 is 2.24 bits per heavy atom. The van der Waals surface area contributed by atoms with Crippen molar-refractivity contribution in [1.29, 1.82) is 0 Å². The summed E-state index contributed by atoms with van der Waals surface area (Å²) in [6, 6.07) is 3.64. The normalized spacial score (nSPS) is 15.4. The van der Waals surface area contributed by atoms with Crippen LogP contribution in [0.3, 0.4) is 0 Å². The Hall–Kier alpha value is -2.08. The van der Waals surface area contributed by atoms with Crippen molar-refractivity contribution in [2.45, 2.75) is 25.8 Å². The molecule has 6 heteroatoms. The van der Waals surface area contributed by atoms with Crippen LogP contribution in [-0.2, 0) is 13.0 Å². The van der Waals surface area contributed by atoms with Crippen molar-refractivity contribution >= 4 is 5.91 Å². The summed E-state index contributed by atoms with van der Waals surface area (Å²) < 4.78 is 5.62. The summed E-state index contributed by atoms with van der Waals surface area (Å²) in [5.74, 6) is 1.08. The van der Waals surface area contributed by atoms with Gasteiger partial charge in [-0.15, -0.1) is 0 Å². The topological polar surface area (TPSA) is 74.2 Å². The molecule has 0 aromatic carbocycles. The summed E-state index contributed by atoms with van der Waals surface area (Å²) in [7, 11) is 0. The van der Waals surface area contributed by atoms with Gasteiger partial charge in [-0.05, 0) is 50.0 Å². The van der Waals surface area contributed by atoms with Crippen LogP contribution in [0.4, 0.5) is 0 Å². The Balaban J connectivity index is 1.47. The van der Waals surface area contributed by atoms with Crippen LogP contribution in [0.5, 0.6) is 0 Å². The molecule has 3 heterocycles. The van der Waals surface area contributed by atoms with Gasteiger partial charge in [0.05, 0.1) is 12.7 Å². The predicted octanol–water partition coefficient (Wildman–Crippen LogP) is 1.57. The van der Waals surface area contributed by atoms with Gasteiger partial charge in [0.1, 0.15) is 5.76 Å². The molecule has 1 saturated heterocycles. The molecule has 0 atom stereocenters. The Labute approximate surface area is 123 Å². The number of aromatic nitrogens is 2. The minimum Gasteiger partial charge on any atom is -0.455 e. The first-order valence-corrected chi connectivity index (χ1v) is 7.38. The van der Waals surface area contributed by atoms with Gasteiger partial charge >= 0.3 is 0 Å². The van der Waals surface area contributed by atoms with Gasteiger partial charge in [0.25, 0.3) is 5.91 Å². The number of furan rings is 1. The number of carbonyl (C=O) groups is 1. The highest BCUT2D eigenvalue weighted by atomic mass is 16.4. The molecule has 0 aliphatic carbocycles. The van der Waals surface area contributed by atoms with Crippen LogP contribution in [0.25, 0.3) is 0 Å². The van der Waals surface area contributed by atoms with Crippen molar-refractivity contribution in [3.8, 4) is 0 Å². The number of H-pyrrole nitrogens is 1. The molecule has 2 N–H and O–H groups in total. The van der Waals surface area contributed by atoms with E-state index in [0.717, 1.165) is 37.4 Å². The summed E-state index contributed by atoms with van der Waals surface area (Å²) in [5.41, 5.74) is 1.07. The number of aromatic amines is 1. The third kappa shape index (κ3) is 3.72. The number of hydrogen-bond donors (Lipinski definition) is 2. The Kier molecular flexibility index (Phi) is 4.35. The summed E-state index contributed by atoms with van der Waals surface area (Å²) in [4.78, 5) is 14.3. The van der Waals surface area contributed by atoms with E-state index in [4.69, 9.17) is 4.42 Å². The van der Waals surface area contributed by atoms with Gasteiger partial charge in [-0.25, -0.2) is 0 Å². The van der Waals surface area contributed by atoms with Crippen molar-refractivity contribution in [2.75, 3.05) is 19.6 Å². The van der Waals surface area contributed by atoms with E-state index in [1.165, 1.54) is 12.8 Å². The quantitative estimate of drug-likeness (QED) is 0.846. The molecule has 6 nitrogen and oxygen atoms in total. The fourth-order valence-electron chi connectivity index (χ4n) is 2.57. The molecule has 0 saturated carbocycles. The second-order valence-corrected chi connectivity index (χ2v) is 5.36. The van der Waals surface area contributed by atoms with Crippen molar-refractivity contribution in [3.05, 3.63) is 41.6 Å². The van der Waals surface area contributed by atoms with E-state index in [9.17, 15) is 4.79 Å². The van der Waals surface area contributed by atoms with Crippen LogP contribution >= 0.6 is 0 Å². The average molecular weight is 288 g/mol. The van der Waals surface area contributed by atoms with Crippen molar-refractivity contribution in [2.24, 2.45) is 0 Å². The van der Waals surface area contributed by atoms with E-state index in [-0.39, 0.29) is 5.91 Å². The number of hydrogen-bond acceptors (Lipinski definition) is 4. The van der Waals surface area contributed by atoms with E-state index < -0.39 is 0 Å². The van der Waals surface area contributed by atoms with Crippen LogP contribution in [0.15, 0.2) is 28.9 Å². The third-order valence-corrected chi connectivity index (χ3v) is 3.72. The lowest BCUT2D eigenvalue weighted by molar-refractivity contribution is 0.0923. The summed E-state index contributed by atoms with van der Waals surface area (Å²) in [5, 5.41) is 9.48. The smallest absolute Gasteiger partial charge is 0.287 e. The maximum Gasteiger partial charge on any atom is 0.287 e. The monoisotopic (exact) mass is 288 g/mol. The first kappa shape index (κ1) is 13.9. The first-order valence-electron chi connectivity index (χ1n) is 7.38. The highest BCUT2D eigenvalue weighted by molar-refractivity contribution is 5.91. The van der Waals surface area contributed by atoms with Crippen molar-refractivity contribution in [3.63, 3.8) is 0 Å². The number of nitrogens with zero attached hydrogens (tertiary/aromatic N) is 2. The van der Waals surface area contributed by atoms with Crippen LogP contribution in [0, 0.1) is 0 Å². The predicted molar refractivity (Wildman–Crippen MR) is 77.8 cm³/mol. The summed E-state index contributed by atoms with van der Waals surface area (Å²) >= 11 is 0. The molecule has 0 bridgehead atoms. The summed E-state index contributed by atoms with van der Waals surface area (Å²) in [6.07, 6.45) is 6.84.